The van der Waals surface area contributed by atoms with Crippen molar-refractivity contribution in [2.75, 3.05) is 13.1 Å². The molecule has 3 aromatic rings. The van der Waals surface area contributed by atoms with Crippen LogP contribution in [0.3, 0.4) is 0 Å². The van der Waals surface area contributed by atoms with Crippen molar-refractivity contribution in [3.05, 3.63) is 41.9 Å². The van der Waals surface area contributed by atoms with E-state index in [0.717, 1.165) is 37.6 Å². The van der Waals surface area contributed by atoms with Gasteiger partial charge in [0.1, 0.15) is 12.4 Å². The lowest BCUT2D eigenvalue weighted by Crippen LogP contribution is -2.35. The van der Waals surface area contributed by atoms with Crippen LogP contribution in [-0.2, 0) is 20.1 Å². The van der Waals surface area contributed by atoms with Crippen LogP contribution in [-0.4, -0.2) is 52.7 Å². The van der Waals surface area contributed by atoms with E-state index in [9.17, 15) is 0 Å². The summed E-state index contributed by atoms with van der Waals surface area (Å²) in [5, 5.41) is 21.1. The summed E-state index contributed by atoms with van der Waals surface area (Å²) in [6.45, 7) is 5.10. The smallest absolute Gasteiger partial charge is 0.230 e. The largest absolute Gasteiger partial charge is 0.424 e. The summed E-state index contributed by atoms with van der Waals surface area (Å²) in [5.41, 5.74) is 0. The van der Waals surface area contributed by atoms with Crippen LogP contribution in [0, 0.1) is 6.92 Å². The fraction of sp³-hybridized carbons (Fsp3) is 0.562. The maximum Gasteiger partial charge on any atom is 0.230 e. The molecule has 0 aliphatic carbocycles. The Labute approximate surface area is 145 Å². The van der Waals surface area contributed by atoms with Gasteiger partial charge in [-0.3, -0.25) is 9.58 Å². The normalized spacial score (nSPS) is 18.7. The summed E-state index contributed by atoms with van der Waals surface area (Å²) in [6.07, 6.45) is 5.95. The Morgan fingerprint density at radius 2 is 2.12 bits per heavy atom. The van der Waals surface area contributed by atoms with E-state index >= 15 is 0 Å². The highest BCUT2D eigenvalue weighted by atomic mass is 16.4. The summed E-state index contributed by atoms with van der Waals surface area (Å²) < 4.78 is 9.47. The molecule has 0 unspecified atom stereocenters. The third-order valence-corrected chi connectivity index (χ3v) is 4.66. The molecule has 0 aromatic carbocycles. The lowest BCUT2D eigenvalue weighted by Gasteiger charge is -2.31. The Kier molecular flexibility index (Phi) is 4.31. The Morgan fingerprint density at radius 1 is 1.20 bits per heavy atom. The molecule has 0 N–H and O–H groups in total. The Balaban J connectivity index is 1.45. The van der Waals surface area contributed by atoms with E-state index in [0.29, 0.717) is 30.8 Å². The molecule has 1 saturated heterocycles. The first-order chi connectivity index (χ1) is 12.2. The van der Waals surface area contributed by atoms with Gasteiger partial charge in [-0.05, 0) is 25.5 Å². The number of hydrogen-bond acceptors (Lipinski definition) is 7. The Morgan fingerprint density at radius 3 is 2.88 bits per heavy atom. The highest BCUT2D eigenvalue weighted by Crippen LogP contribution is 2.26. The highest BCUT2D eigenvalue weighted by Gasteiger charge is 2.26. The minimum absolute atomic E-state index is 0.363. The topological polar surface area (TPSA) is 90.7 Å². The summed E-state index contributed by atoms with van der Waals surface area (Å²) in [5.74, 6) is 3.61. The van der Waals surface area contributed by atoms with Crippen molar-refractivity contribution in [2.24, 2.45) is 7.05 Å². The van der Waals surface area contributed by atoms with Gasteiger partial charge >= 0.3 is 0 Å². The van der Waals surface area contributed by atoms with Gasteiger partial charge in [-0.2, -0.15) is 5.10 Å². The molecule has 0 radical (unpaired) electrons. The van der Waals surface area contributed by atoms with E-state index in [2.05, 4.69) is 35.0 Å². The van der Waals surface area contributed by atoms with E-state index in [4.69, 9.17) is 4.42 Å². The lowest BCUT2D eigenvalue weighted by molar-refractivity contribution is 0.178. The van der Waals surface area contributed by atoms with Crippen LogP contribution in [0.5, 0.6) is 0 Å². The Bertz CT molecular complexity index is 821. The fourth-order valence-corrected chi connectivity index (χ4v) is 3.41. The van der Waals surface area contributed by atoms with Gasteiger partial charge in [-0.1, -0.05) is 0 Å². The van der Waals surface area contributed by atoms with Crippen LogP contribution >= 0.6 is 0 Å². The molecule has 9 nitrogen and oxygen atoms in total. The second-order valence-electron chi connectivity index (χ2n) is 6.53. The van der Waals surface area contributed by atoms with E-state index in [1.807, 2.05) is 30.9 Å². The number of likely N-dealkylation sites (tertiary alicyclic amines) is 1. The predicted molar refractivity (Wildman–Crippen MR) is 88.6 cm³/mol. The molecule has 25 heavy (non-hydrogen) atoms. The first kappa shape index (κ1) is 15.9. The van der Waals surface area contributed by atoms with Crippen molar-refractivity contribution >= 4 is 0 Å². The fourth-order valence-electron chi connectivity index (χ4n) is 3.41. The van der Waals surface area contributed by atoms with Gasteiger partial charge in [0.2, 0.25) is 11.8 Å². The van der Waals surface area contributed by atoms with Crippen molar-refractivity contribution in [1.29, 1.82) is 0 Å². The number of hydrogen-bond donors (Lipinski definition) is 0. The van der Waals surface area contributed by atoms with Gasteiger partial charge in [-0.15, -0.1) is 20.4 Å². The molecule has 4 rings (SSSR count). The summed E-state index contributed by atoms with van der Waals surface area (Å²) in [6, 6.07) is 1.91. The molecular weight excluding hydrogens is 320 g/mol. The van der Waals surface area contributed by atoms with Gasteiger partial charge in [0.05, 0.1) is 6.54 Å². The molecule has 132 valence electrons. The SMILES string of the molecule is Cc1nnc(CN2CCC[C@H](c3nnc(Cn4cccn4)n3C)C2)o1. The average Bonchev–Trinajstić information content (AvgIpc) is 3.33. The molecule has 1 fully saturated rings. The third-order valence-electron chi connectivity index (χ3n) is 4.66. The van der Waals surface area contributed by atoms with Crippen LogP contribution in [0.2, 0.25) is 0 Å². The van der Waals surface area contributed by atoms with Crippen molar-refractivity contribution in [2.45, 2.75) is 38.8 Å². The van der Waals surface area contributed by atoms with E-state index in [-0.39, 0.29) is 0 Å². The maximum atomic E-state index is 5.51. The number of piperidine rings is 1. The third kappa shape index (κ3) is 3.46. The van der Waals surface area contributed by atoms with Crippen LogP contribution in [0.1, 0.15) is 42.2 Å². The van der Waals surface area contributed by atoms with Crippen LogP contribution < -0.4 is 0 Å². The highest BCUT2D eigenvalue weighted by molar-refractivity contribution is 5.04. The minimum Gasteiger partial charge on any atom is -0.424 e. The number of aromatic nitrogens is 7. The zero-order valence-electron chi connectivity index (χ0n) is 14.5. The summed E-state index contributed by atoms with van der Waals surface area (Å²) in [7, 11) is 2.04. The molecule has 1 aliphatic heterocycles. The minimum atomic E-state index is 0.363. The van der Waals surface area contributed by atoms with E-state index in [1.54, 1.807) is 6.20 Å². The number of rotatable bonds is 5. The van der Waals surface area contributed by atoms with Gasteiger partial charge in [0.15, 0.2) is 5.82 Å². The van der Waals surface area contributed by atoms with E-state index < -0.39 is 0 Å². The first-order valence-electron chi connectivity index (χ1n) is 8.56. The molecule has 9 heteroatoms. The lowest BCUT2D eigenvalue weighted by atomic mass is 9.97. The van der Waals surface area contributed by atoms with Crippen LogP contribution in [0.25, 0.3) is 0 Å². The van der Waals surface area contributed by atoms with Gasteiger partial charge < -0.3 is 8.98 Å². The molecule has 0 amide bonds. The molecule has 1 aliphatic rings. The maximum absolute atomic E-state index is 5.51. The average molecular weight is 342 g/mol. The molecule has 0 bridgehead atoms. The molecule has 3 aromatic heterocycles. The second-order valence-corrected chi connectivity index (χ2v) is 6.53. The Hall–Kier alpha value is -2.55. The van der Waals surface area contributed by atoms with Crippen molar-refractivity contribution < 1.29 is 4.42 Å². The van der Waals surface area contributed by atoms with Gasteiger partial charge in [0.25, 0.3) is 0 Å². The van der Waals surface area contributed by atoms with Crippen molar-refractivity contribution in [3.63, 3.8) is 0 Å². The van der Waals surface area contributed by atoms with Crippen LogP contribution in [0.4, 0.5) is 0 Å². The summed E-state index contributed by atoms with van der Waals surface area (Å²) in [4.78, 5) is 2.35. The van der Waals surface area contributed by atoms with Crippen molar-refractivity contribution in [3.8, 4) is 0 Å². The standard InChI is InChI=1S/C16H22N8O/c1-12-18-20-15(25-12)11-23-7-3-5-13(9-23)16-21-19-14(22(16)2)10-24-8-4-6-17-24/h4,6,8,13H,3,5,7,9-11H2,1-2H3/t13-/m0/s1. The molecule has 0 spiro atoms. The molecule has 1 atom stereocenters. The van der Waals surface area contributed by atoms with Crippen molar-refractivity contribution in [1.82, 2.24) is 39.6 Å². The van der Waals surface area contributed by atoms with Crippen LogP contribution in [0.15, 0.2) is 22.9 Å². The number of nitrogens with zero attached hydrogens (tertiary/aromatic N) is 8. The molecule has 4 heterocycles. The zero-order valence-corrected chi connectivity index (χ0v) is 14.5. The molecular formula is C16H22N8O. The zero-order chi connectivity index (χ0) is 17.2. The monoisotopic (exact) mass is 342 g/mol. The van der Waals surface area contributed by atoms with Gasteiger partial charge in [-0.25, -0.2) is 0 Å². The second kappa shape index (κ2) is 6.75. The summed E-state index contributed by atoms with van der Waals surface area (Å²) >= 11 is 0. The van der Waals surface area contributed by atoms with E-state index in [1.165, 1.54) is 0 Å². The quantitative estimate of drug-likeness (QED) is 0.686. The predicted octanol–water partition coefficient (Wildman–Crippen LogP) is 1.13. The van der Waals surface area contributed by atoms with Gasteiger partial charge in [0, 0.05) is 38.8 Å². The number of aryl methyl sites for hydroxylation is 1. The first-order valence-corrected chi connectivity index (χ1v) is 8.56. The molecule has 0 saturated carbocycles.